The van der Waals surface area contributed by atoms with Crippen LogP contribution in [-0.4, -0.2) is 37.5 Å². The zero-order valence-corrected chi connectivity index (χ0v) is 26.3. The molecule has 1 saturated heterocycles. The van der Waals surface area contributed by atoms with E-state index in [2.05, 4.69) is 20.5 Å². The van der Waals surface area contributed by atoms with E-state index in [0.717, 1.165) is 45.5 Å². The van der Waals surface area contributed by atoms with Crippen molar-refractivity contribution in [2.24, 2.45) is 0 Å². The lowest BCUT2D eigenvalue weighted by atomic mass is 9.93. The summed E-state index contributed by atoms with van der Waals surface area (Å²) in [4.78, 5) is 38.5. The topological polar surface area (TPSA) is 117 Å². The Balaban J connectivity index is 1.29. The van der Waals surface area contributed by atoms with E-state index in [1.165, 1.54) is 29.5 Å². The van der Waals surface area contributed by atoms with Gasteiger partial charge in [0.05, 0.1) is 39.3 Å². The Bertz CT molecular complexity index is 2280. The molecule has 0 radical (unpaired) electrons. The van der Waals surface area contributed by atoms with E-state index in [1.54, 1.807) is 18.3 Å². The van der Waals surface area contributed by atoms with Crippen LogP contribution >= 0.6 is 11.3 Å². The minimum absolute atomic E-state index is 0.0140. The highest BCUT2D eigenvalue weighted by atomic mass is 32.1. The molecule has 0 unspecified atom stereocenters. The van der Waals surface area contributed by atoms with Crippen molar-refractivity contribution in [3.63, 3.8) is 0 Å². The number of fused-ring (bicyclic) bond motifs is 4. The summed E-state index contributed by atoms with van der Waals surface area (Å²) < 4.78 is 47.6. The van der Waals surface area contributed by atoms with Gasteiger partial charge in [0.1, 0.15) is 11.6 Å². The Kier molecular flexibility index (Phi) is 7.35. The third-order valence-electron chi connectivity index (χ3n) is 9.04. The van der Waals surface area contributed by atoms with Gasteiger partial charge in [0.15, 0.2) is 11.6 Å². The summed E-state index contributed by atoms with van der Waals surface area (Å²) >= 11 is 1.40. The van der Waals surface area contributed by atoms with E-state index in [-0.39, 0.29) is 23.7 Å². The van der Waals surface area contributed by atoms with E-state index in [0.29, 0.717) is 58.8 Å². The number of hydrogen-bond acceptors (Lipinski definition) is 8. The second-order valence-electron chi connectivity index (χ2n) is 12.0. The van der Waals surface area contributed by atoms with Gasteiger partial charge in [-0.3, -0.25) is 9.78 Å². The lowest BCUT2D eigenvalue weighted by Gasteiger charge is -2.16. The fourth-order valence-electron chi connectivity index (χ4n) is 6.72. The highest BCUT2D eigenvalue weighted by Gasteiger charge is 2.44. The third-order valence-corrected chi connectivity index (χ3v) is 10.2. The van der Waals surface area contributed by atoms with E-state index < -0.39 is 23.4 Å². The SMILES string of the molecule is C[C@@H](Nc1nccc2cc(-c3c4c(nc(CCc5ccc(F)cc5)c3-c3n[nH]c(=O)o3)[C@H]3CCCN3C4=O)sc12)c1ccc(F)c(F)c1. The number of nitrogens with one attached hydrogen (secondary N) is 2. The molecule has 1 amide bonds. The molecule has 48 heavy (non-hydrogen) atoms. The normalized spacial score (nSPS) is 16.0. The van der Waals surface area contributed by atoms with E-state index >= 15 is 0 Å². The standard InChI is InChI=1S/C35H27F3N6O3S/c1-17(19-7-10-22(37)23(38)15-19)40-32-31-20(12-13-39-32)16-26(48-31)28-27(33-42-43-35(46)47-33)24(11-6-18-4-8-21(36)9-5-18)41-30-25-3-2-14-44(25)34(45)29(28)30/h4-5,7-10,12-13,15-17,25H,2-3,6,11,14H2,1H3,(H,39,40)(H,43,46)/t17-,25-/m1/s1. The van der Waals surface area contributed by atoms with Gasteiger partial charge < -0.3 is 14.6 Å². The average molecular weight is 669 g/mol. The molecule has 1 fully saturated rings. The molecule has 242 valence electrons. The second-order valence-corrected chi connectivity index (χ2v) is 13.1. The minimum Gasteiger partial charge on any atom is -0.388 e. The number of amides is 1. The summed E-state index contributed by atoms with van der Waals surface area (Å²) in [6.07, 6.45) is 4.23. The Hall–Kier alpha value is -5.30. The highest BCUT2D eigenvalue weighted by molar-refractivity contribution is 7.23. The maximum Gasteiger partial charge on any atom is 0.434 e. The maximum atomic E-state index is 14.1. The van der Waals surface area contributed by atoms with Gasteiger partial charge in [-0.1, -0.05) is 18.2 Å². The number of hydrogen-bond donors (Lipinski definition) is 2. The van der Waals surface area contributed by atoms with Crippen molar-refractivity contribution in [1.82, 2.24) is 25.1 Å². The number of halogens is 3. The van der Waals surface area contributed by atoms with Crippen molar-refractivity contribution in [1.29, 1.82) is 0 Å². The van der Waals surface area contributed by atoms with Crippen LogP contribution in [0.25, 0.3) is 32.0 Å². The van der Waals surface area contributed by atoms with Gasteiger partial charge in [0, 0.05) is 23.2 Å². The van der Waals surface area contributed by atoms with Crippen molar-refractivity contribution in [2.45, 2.75) is 44.7 Å². The molecule has 13 heteroatoms. The molecule has 4 aromatic heterocycles. The lowest BCUT2D eigenvalue weighted by molar-refractivity contribution is 0.0776. The number of pyridine rings is 2. The molecule has 2 aliphatic rings. The van der Waals surface area contributed by atoms with Crippen LogP contribution in [0.2, 0.25) is 0 Å². The largest absolute Gasteiger partial charge is 0.434 e. The fraction of sp³-hybridized carbons (Fsp3) is 0.229. The molecule has 0 bridgehead atoms. The molecule has 0 saturated carbocycles. The van der Waals surface area contributed by atoms with Crippen LogP contribution in [0.4, 0.5) is 19.0 Å². The first kappa shape index (κ1) is 30.1. The smallest absolute Gasteiger partial charge is 0.388 e. The molecule has 2 atom stereocenters. The second kappa shape index (κ2) is 11.7. The average Bonchev–Trinajstić information content (AvgIpc) is 3.88. The van der Waals surface area contributed by atoms with Gasteiger partial charge in [-0.05, 0) is 85.5 Å². The quantitative estimate of drug-likeness (QED) is 0.174. The molecule has 6 aromatic rings. The van der Waals surface area contributed by atoms with Crippen LogP contribution < -0.4 is 11.1 Å². The predicted molar refractivity (Wildman–Crippen MR) is 174 cm³/mol. The summed E-state index contributed by atoms with van der Waals surface area (Å²) in [6.45, 7) is 2.44. The Morgan fingerprint density at radius 2 is 1.85 bits per heavy atom. The molecular formula is C35H27F3N6O3S. The summed E-state index contributed by atoms with van der Waals surface area (Å²) in [5, 5.41) is 10.7. The van der Waals surface area contributed by atoms with Crippen molar-refractivity contribution >= 4 is 33.1 Å². The van der Waals surface area contributed by atoms with Crippen molar-refractivity contribution < 1.29 is 22.4 Å². The molecule has 9 nitrogen and oxygen atoms in total. The summed E-state index contributed by atoms with van der Waals surface area (Å²) in [5.41, 5.74) is 4.19. The number of H-pyrrole nitrogens is 1. The fourth-order valence-corrected chi connectivity index (χ4v) is 7.88. The Morgan fingerprint density at radius 1 is 1.02 bits per heavy atom. The number of carbonyl (C=O) groups excluding carboxylic acids is 1. The van der Waals surface area contributed by atoms with E-state index in [9.17, 15) is 22.8 Å². The van der Waals surface area contributed by atoms with Crippen molar-refractivity contribution in [2.75, 3.05) is 11.9 Å². The molecule has 0 spiro atoms. The number of aromatic nitrogens is 4. The summed E-state index contributed by atoms with van der Waals surface area (Å²) in [7, 11) is 0. The maximum absolute atomic E-state index is 14.1. The van der Waals surface area contributed by atoms with Gasteiger partial charge in [0.25, 0.3) is 11.8 Å². The van der Waals surface area contributed by atoms with Crippen LogP contribution in [-0.2, 0) is 12.8 Å². The number of carbonyl (C=O) groups is 1. The first-order valence-electron chi connectivity index (χ1n) is 15.5. The zero-order valence-electron chi connectivity index (χ0n) is 25.5. The Labute approximate surface area is 275 Å². The zero-order chi connectivity index (χ0) is 33.1. The van der Waals surface area contributed by atoms with Crippen LogP contribution in [0.1, 0.15) is 64.7 Å². The number of rotatable bonds is 8. The van der Waals surface area contributed by atoms with Crippen molar-refractivity contribution in [3.8, 4) is 21.9 Å². The van der Waals surface area contributed by atoms with E-state index in [4.69, 9.17) is 9.40 Å². The third kappa shape index (κ3) is 5.14. The Morgan fingerprint density at radius 3 is 2.62 bits per heavy atom. The molecule has 0 aliphatic carbocycles. The number of thiophene rings is 1. The van der Waals surface area contributed by atoms with Gasteiger partial charge in [-0.15, -0.1) is 16.4 Å². The summed E-state index contributed by atoms with van der Waals surface area (Å²) in [6, 6.07) is 13.3. The first-order chi connectivity index (χ1) is 23.2. The number of aromatic amines is 1. The van der Waals surface area contributed by atoms with Crippen LogP contribution in [0.15, 0.2) is 70.0 Å². The minimum atomic E-state index is -0.935. The van der Waals surface area contributed by atoms with Crippen LogP contribution in [0, 0.1) is 17.5 Å². The highest BCUT2D eigenvalue weighted by Crippen LogP contribution is 2.50. The predicted octanol–water partition coefficient (Wildman–Crippen LogP) is 7.37. The number of anilines is 1. The monoisotopic (exact) mass is 668 g/mol. The molecule has 2 aliphatic heterocycles. The van der Waals surface area contributed by atoms with Gasteiger partial charge in [-0.25, -0.2) is 28.0 Å². The molecule has 2 N–H and O–H groups in total. The molecule has 8 rings (SSSR count). The molecular weight excluding hydrogens is 641 g/mol. The number of benzene rings is 2. The van der Waals surface area contributed by atoms with Gasteiger partial charge in [-0.2, -0.15) is 0 Å². The van der Waals surface area contributed by atoms with Crippen LogP contribution in [0.3, 0.4) is 0 Å². The number of nitrogens with zero attached hydrogens (tertiary/aromatic N) is 4. The first-order valence-corrected chi connectivity index (χ1v) is 16.3. The van der Waals surface area contributed by atoms with E-state index in [1.807, 2.05) is 24.0 Å². The molecule has 6 heterocycles. The van der Waals surface area contributed by atoms with Crippen molar-refractivity contribution in [3.05, 3.63) is 117 Å². The number of aryl methyl sites for hydroxylation is 2. The summed E-state index contributed by atoms with van der Waals surface area (Å²) in [5.74, 6) is -2.53. The lowest BCUT2D eigenvalue weighted by Crippen LogP contribution is -2.22. The van der Waals surface area contributed by atoms with Gasteiger partial charge in [0.2, 0.25) is 0 Å². The van der Waals surface area contributed by atoms with Gasteiger partial charge >= 0.3 is 5.76 Å². The molecule has 2 aromatic carbocycles. The van der Waals surface area contributed by atoms with Crippen LogP contribution in [0.5, 0.6) is 0 Å².